The maximum atomic E-state index is 12.3. The van der Waals surface area contributed by atoms with Gasteiger partial charge in [0.2, 0.25) is 5.91 Å². The van der Waals surface area contributed by atoms with E-state index in [0.29, 0.717) is 17.3 Å². The largest absolute Gasteiger partial charge is 0.377 e. The third-order valence-corrected chi connectivity index (χ3v) is 5.74. The predicted octanol–water partition coefficient (Wildman–Crippen LogP) is 3.67. The molecule has 3 rings (SSSR count). The van der Waals surface area contributed by atoms with Gasteiger partial charge in [-0.25, -0.2) is 0 Å². The third-order valence-electron chi connectivity index (χ3n) is 4.45. The number of anilines is 1. The van der Waals surface area contributed by atoms with Crippen molar-refractivity contribution in [1.82, 2.24) is 19.7 Å². The fourth-order valence-electron chi connectivity index (χ4n) is 3.01. The van der Waals surface area contributed by atoms with Gasteiger partial charge in [-0.1, -0.05) is 35.5 Å². The Balaban J connectivity index is 1.59. The van der Waals surface area contributed by atoms with Crippen LogP contribution < -0.4 is 5.32 Å². The van der Waals surface area contributed by atoms with Gasteiger partial charge in [-0.3, -0.25) is 4.79 Å². The lowest BCUT2D eigenvalue weighted by Gasteiger charge is -2.26. The lowest BCUT2D eigenvalue weighted by atomic mass is 10.1. The first-order valence-corrected chi connectivity index (χ1v) is 10.4. The van der Waals surface area contributed by atoms with Crippen molar-refractivity contribution < 1.29 is 4.79 Å². The highest BCUT2D eigenvalue weighted by Gasteiger charge is 2.18. The molecule has 2 heterocycles. The van der Waals surface area contributed by atoms with Crippen LogP contribution in [0.15, 0.2) is 29.4 Å². The minimum atomic E-state index is 0.191. The number of carbonyl (C=O) groups is 1. The molecule has 0 atom stereocenters. The Bertz CT molecular complexity index is 745. The number of carbonyl (C=O) groups excluding carboxylic acids is 1. The van der Waals surface area contributed by atoms with E-state index in [-0.39, 0.29) is 5.91 Å². The van der Waals surface area contributed by atoms with Crippen molar-refractivity contribution in [3.63, 3.8) is 0 Å². The average molecular weight is 394 g/mol. The highest BCUT2D eigenvalue weighted by atomic mass is 35.5. The number of aromatic nitrogens is 3. The van der Waals surface area contributed by atoms with Gasteiger partial charge in [0.1, 0.15) is 0 Å². The number of nitrogens with one attached hydrogen (secondary N) is 1. The molecule has 1 aromatic carbocycles. The van der Waals surface area contributed by atoms with Crippen molar-refractivity contribution in [2.45, 2.75) is 44.4 Å². The standard InChI is InChI=1S/C18H24ClN5OS/c1-2-24-16(12-20-15-9-5-4-8-14(15)19)21-22-18(24)26-13-17(25)23-10-6-3-7-11-23/h4-5,8-9,20H,2-3,6-7,10-13H2,1H3. The summed E-state index contributed by atoms with van der Waals surface area (Å²) < 4.78 is 2.04. The zero-order valence-corrected chi connectivity index (χ0v) is 16.5. The van der Waals surface area contributed by atoms with Gasteiger partial charge >= 0.3 is 0 Å². The van der Waals surface area contributed by atoms with E-state index >= 15 is 0 Å². The molecule has 26 heavy (non-hydrogen) atoms. The highest BCUT2D eigenvalue weighted by Crippen LogP contribution is 2.22. The van der Waals surface area contributed by atoms with Gasteiger partial charge in [0.15, 0.2) is 11.0 Å². The van der Waals surface area contributed by atoms with Gasteiger partial charge in [-0.15, -0.1) is 10.2 Å². The fraction of sp³-hybridized carbons (Fsp3) is 0.500. The molecule has 1 aliphatic heterocycles. The summed E-state index contributed by atoms with van der Waals surface area (Å²) in [5.41, 5.74) is 0.870. The van der Waals surface area contributed by atoms with Crippen LogP contribution in [0.25, 0.3) is 0 Å². The van der Waals surface area contributed by atoms with Gasteiger partial charge in [-0.05, 0) is 38.3 Å². The molecule has 1 aromatic heterocycles. The first kappa shape index (κ1) is 19.0. The van der Waals surface area contributed by atoms with Gasteiger partial charge in [0.05, 0.1) is 23.0 Å². The first-order chi connectivity index (χ1) is 12.7. The molecule has 140 valence electrons. The van der Waals surface area contributed by atoms with E-state index < -0.39 is 0 Å². The van der Waals surface area contributed by atoms with E-state index in [4.69, 9.17) is 11.6 Å². The summed E-state index contributed by atoms with van der Waals surface area (Å²) in [5.74, 6) is 1.44. The lowest BCUT2D eigenvalue weighted by molar-refractivity contribution is -0.129. The maximum Gasteiger partial charge on any atom is 0.233 e. The number of hydrogen-bond donors (Lipinski definition) is 1. The first-order valence-electron chi connectivity index (χ1n) is 9.00. The zero-order chi connectivity index (χ0) is 18.4. The molecule has 0 unspecified atom stereocenters. The molecule has 6 nitrogen and oxygen atoms in total. The normalized spacial score (nSPS) is 14.5. The van der Waals surface area contributed by atoms with Crippen LogP contribution in [-0.4, -0.2) is 44.4 Å². The topological polar surface area (TPSA) is 63.1 Å². The summed E-state index contributed by atoms with van der Waals surface area (Å²) in [6.45, 7) is 5.11. The van der Waals surface area contributed by atoms with Crippen LogP contribution in [0, 0.1) is 0 Å². The van der Waals surface area contributed by atoms with E-state index in [2.05, 4.69) is 22.4 Å². The quantitative estimate of drug-likeness (QED) is 0.727. The molecule has 1 aliphatic rings. The van der Waals surface area contributed by atoms with Crippen molar-refractivity contribution in [3.05, 3.63) is 35.1 Å². The molecular formula is C18H24ClN5OS. The van der Waals surface area contributed by atoms with Gasteiger partial charge in [0, 0.05) is 19.6 Å². The molecule has 0 spiro atoms. The minimum Gasteiger partial charge on any atom is -0.377 e. The number of piperidine rings is 1. The van der Waals surface area contributed by atoms with E-state index in [0.717, 1.165) is 49.1 Å². The third kappa shape index (κ3) is 4.71. The molecule has 1 saturated heterocycles. The van der Waals surface area contributed by atoms with Crippen LogP contribution in [0.2, 0.25) is 5.02 Å². The summed E-state index contributed by atoms with van der Waals surface area (Å²) >= 11 is 7.64. The SMILES string of the molecule is CCn1c(CNc2ccccc2Cl)nnc1SCC(=O)N1CCCCC1. The molecule has 0 radical (unpaired) electrons. The number of nitrogens with zero attached hydrogens (tertiary/aromatic N) is 4. The summed E-state index contributed by atoms with van der Waals surface area (Å²) in [7, 11) is 0. The lowest BCUT2D eigenvalue weighted by Crippen LogP contribution is -2.36. The second-order valence-corrected chi connectivity index (χ2v) is 7.56. The van der Waals surface area contributed by atoms with Crippen LogP contribution in [-0.2, 0) is 17.9 Å². The van der Waals surface area contributed by atoms with Gasteiger partial charge < -0.3 is 14.8 Å². The van der Waals surface area contributed by atoms with E-state index in [1.165, 1.54) is 18.2 Å². The molecule has 1 fully saturated rings. The molecule has 1 N–H and O–H groups in total. The molecule has 0 aliphatic carbocycles. The van der Waals surface area contributed by atoms with Crippen LogP contribution in [0.1, 0.15) is 32.0 Å². The van der Waals surface area contributed by atoms with E-state index in [1.54, 1.807) is 0 Å². The van der Waals surface area contributed by atoms with Crippen molar-refractivity contribution in [1.29, 1.82) is 0 Å². The van der Waals surface area contributed by atoms with Gasteiger partial charge in [0.25, 0.3) is 0 Å². The minimum absolute atomic E-state index is 0.191. The highest BCUT2D eigenvalue weighted by molar-refractivity contribution is 7.99. The Labute approximate surface area is 163 Å². The molecule has 8 heteroatoms. The number of likely N-dealkylation sites (tertiary alicyclic amines) is 1. The predicted molar refractivity (Wildman–Crippen MR) is 106 cm³/mol. The number of rotatable bonds is 7. The molecular weight excluding hydrogens is 370 g/mol. The number of benzene rings is 1. The molecule has 0 bridgehead atoms. The molecule has 0 saturated carbocycles. The fourth-order valence-corrected chi connectivity index (χ4v) is 4.14. The van der Waals surface area contributed by atoms with Crippen LogP contribution >= 0.6 is 23.4 Å². The monoisotopic (exact) mass is 393 g/mol. The summed E-state index contributed by atoms with van der Waals surface area (Å²) in [6, 6.07) is 7.62. The Morgan fingerprint density at radius 3 is 2.73 bits per heavy atom. The Morgan fingerprint density at radius 2 is 2.00 bits per heavy atom. The second-order valence-electron chi connectivity index (χ2n) is 6.21. The van der Waals surface area contributed by atoms with Gasteiger partial charge in [-0.2, -0.15) is 0 Å². The van der Waals surface area contributed by atoms with Crippen molar-refractivity contribution in [2.24, 2.45) is 0 Å². The van der Waals surface area contributed by atoms with Crippen molar-refractivity contribution >= 4 is 35.0 Å². The number of para-hydroxylation sites is 1. The smallest absolute Gasteiger partial charge is 0.233 e. The van der Waals surface area contributed by atoms with Crippen LogP contribution in [0.5, 0.6) is 0 Å². The number of amides is 1. The number of thioether (sulfide) groups is 1. The molecule has 2 aromatic rings. The van der Waals surface area contributed by atoms with Crippen LogP contribution in [0.3, 0.4) is 0 Å². The Morgan fingerprint density at radius 1 is 1.23 bits per heavy atom. The number of hydrogen-bond acceptors (Lipinski definition) is 5. The average Bonchev–Trinajstić information content (AvgIpc) is 3.08. The van der Waals surface area contributed by atoms with E-state index in [9.17, 15) is 4.79 Å². The zero-order valence-electron chi connectivity index (χ0n) is 14.9. The van der Waals surface area contributed by atoms with Crippen LogP contribution in [0.4, 0.5) is 5.69 Å². The summed E-state index contributed by atoms with van der Waals surface area (Å²) in [5, 5.41) is 13.3. The molecule has 1 amide bonds. The Hall–Kier alpha value is -1.73. The van der Waals surface area contributed by atoms with E-state index in [1.807, 2.05) is 33.7 Å². The summed E-state index contributed by atoms with van der Waals surface area (Å²) in [4.78, 5) is 14.3. The number of halogens is 1. The van der Waals surface area contributed by atoms with Crippen molar-refractivity contribution in [3.8, 4) is 0 Å². The second kappa shape index (κ2) is 9.28. The van der Waals surface area contributed by atoms with Crippen molar-refractivity contribution in [2.75, 3.05) is 24.2 Å². The summed E-state index contributed by atoms with van der Waals surface area (Å²) in [6.07, 6.45) is 3.45. The maximum absolute atomic E-state index is 12.3. The Kier molecular flexibility index (Phi) is 6.80.